The largest absolute Gasteiger partial charge is 0.393 e. The molecule has 1 fully saturated rings. The molecular weight excluding hydrogens is 366 g/mol. The summed E-state index contributed by atoms with van der Waals surface area (Å²) in [6, 6.07) is 16.5. The van der Waals surface area contributed by atoms with Crippen LogP contribution in [0.25, 0.3) is 0 Å². The quantitative estimate of drug-likeness (QED) is 0.737. The van der Waals surface area contributed by atoms with Crippen LogP contribution >= 0.6 is 12.2 Å². The van der Waals surface area contributed by atoms with Crippen LogP contribution in [0.3, 0.4) is 0 Å². The van der Waals surface area contributed by atoms with E-state index in [1.165, 1.54) is 5.56 Å². The minimum atomic E-state index is -3.60. The number of benzene rings is 2. The predicted octanol–water partition coefficient (Wildman–Crippen LogP) is 3.11. The summed E-state index contributed by atoms with van der Waals surface area (Å²) >= 11 is 5.31. The Balaban J connectivity index is 2.09. The van der Waals surface area contributed by atoms with Crippen LogP contribution in [0.15, 0.2) is 59.5 Å². The van der Waals surface area contributed by atoms with Crippen LogP contribution in [-0.2, 0) is 21.0 Å². The maximum absolute atomic E-state index is 13.3. The molecule has 0 aliphatic heterocycles. The van der Waals surface area contributed by atoms with Gasteiger partial charge < -0.3 is 10.5 Å². The lowest BCUT2D eigenvalue weighted by Crippen LogP contribution is -2.33. The van der Waals surface area contributed by atoms with Crippen LogP contribution in [0, 0.1) is 5.41 Å². The molecule has 2 aromatic carbocycles. The number of sulfone groups is 1. The molecule has 3 rings (SSSR count). The van der Waals surface area contributed by atoms with Gasteiger partial charge in [-0.05, 0) is 29.7 Å². The number of ether oxygens (including phenoxy) is 1. The van der Waals surface area contributed by atoms with E-state index in [2.05, 4.69) is 6.92 Å². The highest BCUT2D eigenvalue weighted by Gasteiger charge is 2.73. The fourth-order valence-corrected chi connectivity index (χ4v) is 6.62. The zero-order valence-corrected chi connectivity index (χ0v) is 16.5. The maximum Gasteiger partial charge on any atom is 0.182 e. The molecule has 0 amide bonds. The van der Waals surface area contributed by atoms with E-state index in [1.54, 1.807) is 37.4 Å². The maximum atomic E-state index is 13.3. The number of hydrogen-bond acceptors (Lipinski definition) is 4. The smallest absolute Gasteiger partial charge is 0.182 e. The van der Waals surface area contributed by atoms with Gasteiger partial charge in [0.25, 0.3) is 0 Å². The van der Waals surface area contributed by atoms with Crippen LogP contribution in [0.2, 0.25) is 0 Å². The summed E-state index contributed by atoms with van der Waals surface area (Å²) in [4.78, 5) is 0.475. The Morgan fingerprint density at radius 1 is 1.15 bits per heavy atom. The Hall–Kier alpha value is -1.76. The molecule has 3 unspecified atom stereocenters. The summed E-state index contributed by atoms with van der Waals surface area (Å²) in [5.74, 6) is -0.309. The molecule has 3 atom stereocenters. The molecule has 0 saturated heterocycles. The van der Waals surface area contributed by atoms with E-state index >= 15 is 0 Å². The number of methoxy groups -OCH3 is 1. The van der Waals surface area contributed by atoms with E-state index < -0.39 is 20.5 Å². The van der Waals surface area contributed by atoms with Crippen molar-refractivity contribution < 1.29 is 13.2 Å². The first-order valence-electron chi connectivity index (χ1n) is 8.56. The van der Waals surface area contributed by atoms with Crippen molar-refractivity contribution in [2.45, 2.75) is 29.4 Å². The monoisotopic (exact) mass is 389 g/mol. The third-order valence-corrected chi connectivity index (χ3v) is 7.92. The van der Waals surface area contributed by atoms with Gasteiger partial charge in [0.15, 0.2) is 9.84 Å². The first-order valence-corrected chi connectivity index (χ1v) is 10.5. The molecule has 26 heavy (non-hydrogen) atoms. The van der Waals surface area contributed by atoms with Gasteiger partial charge in [0, 0.05) is 13.0 Å². The molecule has 0 spiro atoms. The van der Waals surface area contributed by atoms with Gasteiger partial charge in [-0.2, -0.15) is 0 Å². The highest BCUT2D eigenvalue weighted by Crippen LogP contribution is 2.64. The Labute approximate surface area is 160 Å². The van der Waals surface area contributed by atoms with Crippen LogP contribution in [0.1, 0.15) is 24.0 Å². The summed E-state index contributed by atoms with van der Waals surface area (Å²) < 4.78 is 32.0. The second-order valence-electron chi connectivity index (χ2n) is 6.69. The molecular formula is C20H23NO3S2. The summed E-state index contributed by atoms with van der Waals surface area (Å²) in [5, 5.41) is -0.720. The van der Waals surface area contributed by atoms with Crippen molar-refractivity contribution in [3.05, 3.63) is 65.7 Å². The minimum absolute atomic E-state index is 0.180. The van der Waals surface area contributed by atoms with Crippen LogP contribution in [-0.4, -0.2) is 32.4 Å². The predicted molar refractivity (Wildman–Crippen MR) is 107 cm³/mol. The van der Waals surface area contributed by atoms with Crippen LogP contribution in [0.4, 0.5) is 0 Å². The van der Waals surface area contributed by atoms with E-state index in [0.717, 1.165) is 12.0 Å². The lowest BCUT2D eigenvalue weighted by molar-refractivity contribution is 0.166. The molecule has 138 valence electrons. The molecule has 2 N–H and O–H groups in total. The normalized spacial score (nSPS) is 25.0. The van der Waals surface area contributed by atoms with Gasteiger partial charge >= 0.3 is 0 Å². The lowest BCUT2D eigenvalue weighted by atomic mass is 9.98. The Morgan fingerprint density at radius 2 is 1.77 bits per heavy atom. The molecule has 1 aliphatic rings. The Bertz CT molecular complexity index is 894. The van der Waals surface area contributed by atoms with Crippen molar-refractivity contribution in [1.82, 2.24) is 0 Å². The van der Waals surface area contributed by atoms with Gasteiger partial charge in [-0.25, -0.2) is 8.42 Å². The number of hydrogen-bond donors (Lipinski definition) is 1. The molecule has 1 saturated carbocycles. The highest BCUT2D eigenvalue weighted by molar-refractivity contribution is 7.92. The minimum Gasteiger partial charge on any atom is -0.393 e. The van der Waals surface area contributed by atoms with Crippen molar-refractivity contribution in [3.63, 3.8) is 0 Å². The Kier molecular flexibility index (Phi) is 5.19. The standard InChI is InChI=1S/C20H23NO3S2/c1-3-14-9-11-15(12-10-14)17-18(20(17,13-24-2)19(21)25)26(22,23)16-7-5-4-6-8-16/h4-12,17-18H,3,13H2,1-2H3,(H2,21,25). The van der Waals surface area contributed by atoms with Crippen LogP contribution < -0.4 is 5.73 Å². The van der Waals surface area contributed by atoms with E-state index in [9.17, 15) is 8.42 Å². The van der Waals surface area contributed by atoms with Crippen LogP contribution in [0.5, 0.6) is 0 Å². The second kappa shape index (κ2) is 7.10. The van der Waals surface area contributed by atoms with E-state index in [4.69, 9.17) is 22.7 Å². The number of thiocarbonyl (C=S) groups is 1. The topological polar surface area (TPSA) is 69.4 Å². The van der Waals surface area contributed by atoms with Gasteiger partial charge in [-0.15, -0.1) is 0 Å². The van der Waals surface area contributed by atoms with E-state index in [-0.39, 0.29) is 22.4 Å². The average molecular weight is 390 g/mol. The van der Waals surface area contributed by atoms with Crippen molar-refractivity contribution in [1.29, 1.82) is 0 Å². The van der Waals surface area contributed by atoms with Crippen molar-refractivity contribution >= 4 is 27.0 Å². The molecule has 4 nitrogen and oxygen atoms in total. The second-order valence-corrected chi connectivity index (χ2v) is 9.20. The van der Waals surface area contributed by atoms with Gasteiger partial charge in [0.1, 0.15) is 0 Å². The van der Waals surface area contributed by atoms with Gasteiger partial charge in [0.05, 0.1) is 27.2 Å². The summed E-state index contributed by atoms with van der Waals surface area (Å²) in [7, 11) is -2.06. The van der Waals surface area contributed by atoms with Crippen molar-refractivity contribution in [3.8, 4) is 0 Å². The zero-order valence-electron chi connectivity index (χ0n) is 14.9. The number of rotatable bonds is 7. The van der Waals surface area contributed by atoms with Gasteiger partial charge in [-0.3, -0.25) is 0 Å². The lowest BCUT2D eigenvalue weighted by Gasteiger charge is -2.16. The fraction of sp³-hybridized carbons (Fsp3) is 0.350. The van der Waals surface area contributed by atoms with E-state index in [0.29, 0.717) is 0 Å². The molecule has 0 radical (unpaired) electrons. The first-order chi connectivity index (χ1) is 12.4. The molecule has 2 aromatic rings. The molecule has 0 aromatic heterocycles. The van der Waals surface area contributed by atoms with Gasteiger partial charge in [0.2, 0.25) is 0 Å². The molecule has 0 bridgehead atoms. The summed E-state index contributed by atoms with van der Waals surface area (Å²) in [6.07, 6.45) is 0.926. The van der Waals surface area contributed by atoms with Crippen molar-refractivity contribution in [2.75, 3.05) is 13.7 Å². The molecule has 6 heteroatoms. The van der Waals surface area contributed by atoms with Gasteiger partial charge in [-0.1, -0.05) is 61.6 Å². The third kappa shape index (κ3) is 2.96. The summed E-state index contributed by atoms with van der Waals surface area (Å²) in [5.41, 5.74) is 7.30. The average Bonchev–Trinajstić information content (AvgIpc) is 3.34. The number of nitrogens with two attached hydrogens (primary N) is 1. The first kappa shape index (κ1) is 19.0. The molecule has 1 aliphatic carbocycles. The third-order valence-electron chi connectivity index (χ3n) is 5.25. The molecule has 0 heterocycles. The Morgan fingerprint density at radius 3 is 2.27 bits per heavy atom. The fourth-order valence-electron chi connectivity index (χ4n) is 3.83. The summed E-state index contributed by atoms with van der Waals surface area (Å²) in [6.45, 7) is 2.26. The van der Waals surface area contributed by atoms with Crippen molar-refractivity contribution in [2.24, 2.45) is 11.1 Å². The van der Waals surface area contributed by atoms with E-state index in [1.807, 2.05) is 24.3 Å². The zero-order chi connectivity index (χ0) is 18.9. The SMILES string of the molecule is CCc1ccc(C2C(S(=O)(=O)c3ccccc3)C2(COC)C(N)=S)cc1. The number of aryl methyl sites for hydroxylation is 1. The highest BCUT2D eigenvalue weighted by atomic mass is 32.2.